The van der Waals surface area contributed by atoms with Crippen LogP contribution >= 0.6 is 11.5 Å². The van der Waals surface area contributed by atoms with Crippen LogP contribution in [-0.4, -0.2) is 4.37 Å². The second-order valence-electron chi connectivity index (χ2n) is 3.31. The van der Waals surface area contributed by atoms with Gasteiger partial charge in [-0.2, -0.15) is 4.37 Å². The molecule has 2 N–H and O–H groups in total. The second-order valence-corrected chi connectivity index (χ2v) is 4.19. The van der Waals surface area contributed by atoms with E-state index in [0.29, 0.717) is 0 Å². The van der Waals surface area contributed by atoms with Crippen molar-refractivity contribution in [2.45, 2.75) is 13.3 Å². The largest absolute Gasteiger partial charge is 0.397 e. The molecule has 2 aromatic rings. The number of nitrogens with zero attached hydrogens (tertiary/aromatic N) is 1. The minimum absolute atomic E-state index is 0.804. The number of anilines is 1. The summed E-state index contributed by atoms with van der Waals surface area (Å²) in [4.78, 5) is 1.15. The molecule has 2 nitrogen and oxygen atoms in total. The quantitative estimate of drug-likeness (QED) is 0.816. The fraction of sp³-hybridized carbons (Fsp3) is 0.182. The topological polar surface area (TPSA) is 38.9 Å². The van der Waals surface area contributed by atoms with Crippen molar-refractivity contribution < 1.29 is 0 Å². The molecule has 0 saturated carbocycles. The number of nitrogens with two attached hydrogens (primary N) is 1. The molecule has 2 rings (SSSR count). The Balaban J connectivity index is 2.28. The van der Waals surface area contributed by atoms with Crippen LogP contribution in [0.3, 0.4) is 0 Å². The van der Waals surface area contributed by atoms with Crippen molar-refractivity contribution in [2.24, 2.45) is 0 Å². The lowest BCUT2D eigenvalue weighted by Crippen LogP contribution is -1.92. The van der Waals surface area contributed by atoms with Crippen LogP contribution in [0.2, 0.25) is 0 Å². The highest BCUT2D eigenvalue weighted by atomic mass is 32.1. The van der Waals surface area contributed by atoms with E-state index in [-0.39, 0.29) is 0 Å². The maximum atomic E-state index is 5.79. The summed E-state index contributed by atoms with van der Waals surface area (Å²) in [6.45, 7) is 2.12. The van der Waals surface area contributed by atoms with Crippen molar-refractivity contribution in [3.63, 3.8) is 0 Å². The maximum Gasteiger partial charge on any atom is 0.0663 e. The van der Waals surface area contributed by atoms with Crippen LogP contribution in [-0.2, 0) is 6.42 Å². The third-order valence-electron chi connectivity index (χ3n) is 2.29. The van der Waals surface area contributed by atoms with Crippen LogP contribution in [0.5, 0.6) is 0 Å². The van der Waals surface area contributed by atoms with Gasteiger partial charge in [-0.3, -0.25) is 0 Å². The van der Waals surface area contributed by atoms with E-state index in [4.69, 9.17) is 5.73 Å². The summed E-state index contributed by atoms with van der Waals surface area (Å²) in [7, 11) is 0. The molecule has 0 radical (unpaired) electrons. The Hall–Kier alpha value is -1.35. The average molecular weight is 204 g/mol. The van der Waals surface area contributed by atoms with E-state index in [0.717, 1.165) is 17.0 Å². The molecular weight excluding hydrogens is 192 g/mol. The third-order valence-corrected chi connectivity index (χ3v) is 3.10. The lowest BCUT2D eigenvalue weighted by molar-refractivity contribution is 1.19. The Morgan fingerprint density at radius 1 is 1.36 bits per heavy atom. The molecular formula is C11H12N2S. The molecule has 0 bridgehead atoms. The summed E-state index contributed by atoms with van der Waals surface area (Å²) in [5, 5.41) is 0. The van der Waals surface area contributed by atoms with E-state index in [2.05, 4.69) is 35.6 Å². The SMILES string of the molecule is Cc1ccccc1Cc1sncc1N. The van der Waals surface area contributed by atoms with Gasteiger partial charge in [0, 0.05) is 6.42 Å². The molecule has 0 saturated heterocycles. The van der Waals surface area contributed by atoms with Crippen molar-refractivity contribution in [1.29, 1.82) is 0 Å². The number of rotatable bonds is 2. The molecule has 0 aliphatic rings. The molecule has 72 valence electrons. The molecule has 0 atom stereocenters. The van der Waals surface area contributed by atoms with Gasteiger partial charge in [0.1, 0.15) is 0 Å². The van der Waals surface area contributed by atoms with Crippen molar-refractivity contribution in [3.8, 4) is 0 Å². The van der Waals surface area contributed by atoms with Gasteiger partial charge in [0.05, 0.1) is 16.8 Å². The zero-order chi connectivity index (χ0) is 9.97. The van der Waals surface area contributed by atoms with Gasteiger partial charge < -0.3 is 5.73 Å². The molecule has 1 aromatic carbocycles. The average Bonchev–Trinajstić information content (AvgIpc) is 2.56. The van der Waals surface area contributed by atoms with Gasteiger partial charge in [-0.1, -0.05) is 24.3 Å². The lowest BCUT2D eigenvalue weighted by atomic mass is 10.1. The van der Waals surface area contributed by atoms with Crippen LogP contribution in [0.25, 0.3) is 0 Å². The lowest BCUT2D eigenvalue weighted by Gasteiger charge is -2.03. The molecule has 0 aliphatic carbocycles. The van der Waals surface area contributed by atoms with Gasteiger partial charge >= 0.3 is 0 Å². The Morgan fingerprint density at radius 3 is 2.79 bits per heavy atom. The van der Waals surface area contributed by atoms with E-state index in [1.165, 1.54) is 22.7 Å². The second kappa shape index (κ2) is 3.80. The Kier molecular flexibility index (Phi) is 2.50. The number of aryl methyl sites for hydroxylation is 1. The molecule has 0 aliphatic heterocycles. The smallest absolute Gasteiger partial charge is 0.0663 e. The van der Waals surface area contributed by atoms with Crippen molar-refractivity contribution in [1.82, 2.24) is 4.37 Å². The van der Waals surface area contributed by atoms with Gasteiger partial charge in [-0.25, -0.2) is 0 Å². The summed E-state index contributed by atoms with van der Waals surface area (Å²) in [6.07, 6.45) is 2.61. The van der Waals surface area contributed by atoms with E-state index < -0.39 is 0 Å². The van der Waals surface area contributed by atoms with Crippen molar-refractivity contribution in [3.05, 3.63) is 46.5 Å². The van der Waals surface area contributed by atoms with E-state index in [9.17, 15) is 0 Å². The first kappa shape index (κ1) is 9.21. The summed E-state index contributed by atoms with van der Waals surface area (Å²) in [6, 6.07) is 8.36. The highest BCUT2D eigenvalue weighted by molar-refractivity contribution is 7.06. The highest BCUT2D eigenvalue weighted by Crippen LogP contribution is 2.21. The Morgan fingerprint density at radius 2 is 2.14 bits per heavy atom. The fourth-order valence-electron chi connectivity index (χ4n) is 1.39. The van der Waals surface area contributed by atoms with Crippen LogP contribution in [0.4, 0.5) is 5.69 Å². The summed E-state index contributed by atoms with van der Waals surface area (Å²) < 4.78 is 4.06. The van der Waals surface area contributed by atoms with Crippen LogP contribution in [0.15, 0.2) is 30.5 Å². The minimum atomic E-state index is 0.804. The number of benzene rings is 1. The summed E-state index contributed by atoms with van der Waals surface area (Å²) >= 11 is 1.48. The standard InChI is InChI=1S/C11H12N2S/c1-8-4-2-3-5-9(8)6-11-10(12)7-13-14-11/h2-5,7H,6,12H2,1H3. The van der Waals surface area contributed by atoms with Gasteiger partial charge in [0.25, 0.3) is 0 Å². The number of nitrogen functional groups attached to an aromatic ring is 1. The molecule has 1 heterocycles. The summed E-state index contributed by atoms with van der Waals surface area (Å²) in [5.74, 6) is 0. The summed E-state index contributed by atoms with van der Waals surface area (Å²) in [5.41, 5.74) is 9.22. The van der Waals surface area contributed by atoms with E-state index in [1.807, 2.05) is 0 Å². The number of aromatic nitrogens is 1. The highest BCUT2D eigenvalue weighted by Gasteiger charge is 2.04. The molecule has 0 unspecified atom stereocenters. The van der Waals surface area contributed by atoms with E-state index in [1.54, 1.807) is 6.20 Å². The maximum absolute atomic E-state index is 5.79. The van der Waals surface area contributed by atoms with Gasteiger partial charge in [0.15, 0.2) is 0 Å². The van der Waals surface area contributed by atoms with Crippen molar-refractivity contribution >= 4 is 17.2 Å². The zero-order valence-corrected chi connectivity index (χ0v) is 8.84. The molecule has 0 amide bonds. The fourth-order valence-corrected chi connectivity index (χ4v) is 2.06. The molecule has 3 heteroatoms. The first-order valence-corrected chi connectivity index (χ1v) is 5.28. The van der Waals surface area contributed by atoms with E-state index >= 15 is 0 Å². The molecule has 1 aromatic heterocycles. The molecule has 0 fully saturated rings. The Bertz CT molecular complexity index is 434. The first-order chi connectivity index (χ1) is 6.77. The van der Waals surface area contributed by atoms with Crippen LogP contribution in [0.1, 0.15) is 16.0 Å². The predicted molar refractivity (Wildman–Crippen MR) is 60.5 cm³/mol. The van der Waals surface area contributed by atoms with Crippen LogP contribution in [0, 0.1) is 6.92 Å². The van der Waals surface area contributed by atoms with Crippen molar-refractivity contribution in [2.75, 3.05) is 5.73 Å². The molecule has 14 heavy (non-hydrogen) atoms. The minimum Gasteiger partial charge on any atom is -0.397 e. The van der Waals surface area contributed by atoms with Gasteiger partial charge in [0.2, 0.25) is 0 Å². The predicted octanol–water partition coefficient (Wildman–Crippen LogP) is 2.62. The van der Waals surface area contributed by atoms with Gasteiger partial charge in [-0.15, -0.1) is 0 Å². The zero-order valence-electron chi connectivity index (χ0n) is 8.03. The normalized spacial score (nSPS) is 10.4. The number of hydrogen-bond donors (Lipinski definition) is 1. The first-order valence-electron chi connectivity index (χ1n) is 4.51. The van der Waals surface area contributed by atoms with Gasteiger partial charge in [-0.05, 0) is 29.6 Å². The monoisotopic (exact) mass is 204 g/mol. The number of hydrogen-bond acceptors (Lipinski definition) is 3. The Labute approximate surface area is 87.6 Å². The van der Waals surface area contributed by atoms with Crippen LogP contribution < -0.4 is 5.73 Å². The molecule has 0 spiro atoms. The third kappa shape index (κ3) is 1.77.